The van der Waals surface area contributed by atoms with Crippen LogP contribution in [0.25, 0.3) is 10.8 Å². The smallest absolute Gasteiger partial charge is 0.338 e. The Labute approximate surface area is 212 Å². The van der Waals surface area contributed by atoms with E-state index >= 15 is 0 Å². The van der Waals surface area contributed by atoms with Gasteiger partial charge < -0.3 is 20.6 Å². The molecular weight excluding hydrogens is 476 g/mol. The van der Waals surface area contributed by atoms with Crippen LogP contribution >= 0.6 is 0 Å². The van der Waals surface area contributed by atoms with Crippen molar-refractivity contribution in [1.29, 1.82) is 0 Å². The molecule has 3 N–H and O–H groups in total. The summed E-state index contributed by atoms with van der Waals surface area (Å²) in [6.45, 7) is -0.0342. The number of nitrogens with zero attached hydrogens (tertiary/aromatic N) is 2. The minimum Gasteiger partial charge on any atom is -0.457 e. The minimum atomic E-state index is -0.876. The normalized spacial score (nSPS) is 11.5. The Morgan fingerprint density at radius 1 is 0.946 bits per heavy atom. The maximum absolute atomic E-state index is 12.9. The predicted octanol–water partition coefficient (Wildman–Crippen LogP) is 3.98. The van der Waals surface area contributed by atoms with Gasteiger partial charge in [-0.15, -0.1) is 10.1 Å². The van der Waals surface area contributed by atoms with E-state index in [2.05, 4.69) is 15.1 Å². The molecule has 10 heteroatoms. The lowest BCUT2D eigenvalue weighted by molar-refractivity contribution is -0.763. The van der Waals surface area contributed by atoms with Gasteiger partial charge in [-0.2, -0.15) is 0 Å². The lowest BCUT2D eigenvalue weighted by Crippen LogP contribution is -2.27. The molecule has 0 fully saturated rings. The molecule has 0 saturated heterocycles. The summed E-state index contributed by atoms with van der Waals surface area (Å²) in [5, 5.41) is 14.3. The summed E-state index contributed by atoms with van der Waals surface area (Å²) in [4.78, 5) is 43.9. The topological polar surface area (TPSA) is 147 Å². The third-order valence-electron chi connectivity index (χ3n) is 5.74. The number of rotatable bonds is 10. The Hall–Kier alpha value is -4.83. The maximum atomic E-state index is 12.9. The van der Waals surface area contributed by atoms with E-state index in [1.807, 2.05) is 24.3 Å². The zero-order chi connectivity index (χ0) is 26.2. The van der Waals surface area contributed by atoms with Crippen molar-refractivity contribution in [1.82, 2.24) is 4.98 Å². The molecule has 188 valence electrons. The molecule has 0 bridgehead atoms. The molecule has 10 nitrogen and oxygen atoms in total. The molecule has 1 aromatic heterocycles. The van der Waals surface area contributed by atoms with E-state index in [9.17, 15) is 19.7 Å². The number of amides is 1. The number of esters is 1. The number of hydrogen-bond acceptors (Lipinski definition) is 8. The number of carbonyl (C=O) groups is 2. The van der Waals surface area contributed by atoms with Gasteiger partial charge in [0.25, 0.3) is 5.09 Å². The Balaban J connectivity index is 1.33. The van der Waals surface area contributed by atoms with Crippen LogP contribution in [0.4, 0.5) is 5.69 Å². The molecule has 1 unspecified atom stereocenters. The van der Waals surface area contributed by atoms with E-state index in [0.717, 1.165) is 21.9 Å². The molecule has 4 rings (SSSR count). The molecule has 0 saturated carbocycles. The van der Waals surface area contributed by atoms with Gasteiger partial charge in [0.15, 0.2) is 0 Å². The highest BCUT2D eigenvalue weighted by atomic mass is 16.9. The zero-order valence-corrected chi connectivity index (χ0v) is 19.7. The van der Waals surface area contributed by atoms with Crippen molar-refractivity contribution in [3.05, 3.63) is 118 Å². The van der Waals surface area contributed by atoms with Gasteiger partial charge in [0.1, 0.15) is 13.2 Å². The molecule has 1 heterocycles. The molecule has 0 radical (unpaired) electrons. The lowest BCUT2D eigenvalue weighted by Gasteiger charge is -2.16. The number of nitrogens with one attached hydrogen (secondary N) is 1. The highest BCUT2D eigenvalue weighted by Gasteiger charge is 2.19. The second-order valence-corrected chi connectivity index (χ2v) is 8.23. The van der Waals surface area contributed by atoms with Crippen LogP contribution < -0.4 is 11.1 Å². The molecule has 0 aliphatic rings. The van der Waals surface area contributed by atoms with Gasteiger partial charge in [-0.1, -0.05) is 42.5 Å². The van der Waals surface area contributed by atoms with Crippen molar-refractivity contribution in [2.75, 3.05) is 11.9 Å². The van der Waals surface area contributed by atoms with E-state index in [0.29, 0.717) is 16.8 Å². The van der Waals surface area contributed by atoms with Gasteiger partial charge >= 0.3 is 5.97 Å². The van der Waals surface area contributed by atoms with Crippen LogP contribution in [0.2, 0.25) is 0 Å². The van der Waals surface area contributed by atoms with Gasteiger partial charge in [0.2, 0.25) is 5.91 Å². The number of anilines is 1. The molecule has 4 aromatic rings. The molecule has 1 amide bonds. The number of fused-ring (bicyclic) bond motifs is 1. The standard InChI is InChI=1S/C27H24N4O6/c28-14-25(26(32)30-24-10-9-23-15-29-12-11-22(23)13-24)20-5-1-18(2-6-20)16-36-27(33)21-7-3-19(4-8-21)17-37-31(34)35/h1-13,15,25H,14,16-17,28H2,(H,30,32). The van der Waals surface area contributed by atoms with Gasteiger partial charge in [-0.3, -0.25) is 9.78 Å². The maximum Gasteiger partial charge on any atom is 0.338 e. The summed E-state index contributed by atoms with van der Waals surface area (Å²) in [5.41, 5.74) is 8.94. The molecule has 0 spiro atoms. The van der Waals surface area contributed by atoms with Crippen molar-refractivity contribution in [2.45, 2.75) is 19.1 Å². The first kappa shape index (κ1) is 25.3. The number of nitrogens with two attached hydrogens (primary N) is 1. The summed E-state index contributed by atoms with van der Waals surface area (Å²) < 4.78 is 5.35. The number of benzene rings is 3. The fourth-order valence-corrected chi connectivity index (χ4v) is 3.73. The van der Waals surface area contributed by atoms with Crippen molar-refractivity contribution in [2.24, 2.45) is 5.73 Å². The SMILES string of the molecule is NCC(C(=O)Nc1ccc2cnccc2c1)c1ccc(COC(=O)c2ccc(CO[N+](=O)[O-])cc2)cc1. The van der Waals surface area contributed by atoms with Crippen LogP contribution in [0.3, 0.4) is 0 Å². The summed E-state index contributed by atoms with van der Waals surface area (Å²) in [6, 6.07) is 20.7. The van der Waals surface area contributed by atoms with E-state index < -0.39 is 17.0 Å². The van der Waals surface area contributed by atoms with Crippen LogP contribution in [0.5, 0.6) is 0 Å². The highest BCUT2D eigenvalue weighted by molar-refractivity contribution is 5.98. The predicted molar refractivity (Wildman–Crippen MR) is 136 cm³/mol. The summed E-state index contributed by atoms with van der Waals surface area (Å²) in [5.74, 6) is -1.30. The summed E-state index contributed by atoms with van der Waals surface area (Å²) in [6.07, 6.45) is 3.46. The molecule has 1 atom stereocenters. The number of aromatic nitrogens is 1. The van der Waals surface area contributed by atoms with E-state index in [-0.39, 0.29) is 25.7 Å². The molecule has 3 aromatic carbocycles. The molecule has 0 aliphatic heterocycles. The third-order valence-corrected chi connectivity index (χ3v) is 5.74. The quantitative estimate of drug-likeness (QED) is 0.189. The zero-order valence-electron chi connectivity index (χ0n) is 19.7. The Bertz CT molecular complexity index is 1410. The van der Waals surface area contributed by atoms with Gasteiger partial charge in [0, 0.05) is 30.0 Å². The highest BCUT2D eigenvalue weighted by Crippen LogP contribution is 2.22. The van der Waals surface area contributed by atoms with Crippen molar-refractivity contribution >= 4 is 28.3 Å². The average Bonchev–Trinajstić information content (AvgIpc) is 2.92. The molecule has 37 heavy (non-hydrogen) atoms. The van der Waals surface area contributed by atoms with Crippen LogP contribution in [0, 0.1) is 10.1 Å². The van der Waals surface area contributed by atoms with Crippen LogP contribution in [0.15, 0.2) is 85.2 Å². The lowest BCUT2D eigenvalue weighted by atomic mass is 9.97. The fraction of sp³-hybridized carbons (Fsp3) is 0.148. The third kappa shape index (κ3) is 6.65. The van der Waals surface area contributed by atoms with E-state index in [1.165, 1.54) is 12.1 Å². The van der Waals surface area contributed by atoms with E-state index in [4.69, 9.17) is 10.5 Å². The largest absolute Gasteiger partial charge is 0.457 e. The first-order valence-corrected chi connectivity index (χ1v) is 11.4. The van der Waals surface area contributed by atoms with E-state index in [1.54, 1.807) is 48.8 Å². The number of ether oxygens (including phenoxy) is 1. The minimum absolute atomic E-state index is 0.0384. The van der Waals surface area contributed by atoms with Crippen LogP contribution in [-0.2, 0) is 27.6 Å². The Morgan fingerprint density at radius 3 is 2.35 bits per heavy atom. The Morgan fingerprint density at radius 2 is 1.65 bits per heavy atom. The van der Waals surface area contributed by atoms with Crippen LogP contribution in [0.1, 0.15) is 33.0 Å². The first-order chi connectivity index (χ1) is 17.9. The van der Waals surface area contributed by atoms with Gasteiger partial charge in [-0.25, -0.2) is 4.79 Å². The summed E-state index contributed by atoms with van der Waals surface area (Å²) >= 11 is 0. The number of carbonyl (C=O) groups excluding carboxylic acids is 2. The van der Waals surface area contributed by atoms with Crippen molar-refractivity contribution in [3.63, 3.8) is 0 Å². The van der Waals surface area contributed by atoms with Crippen molar-refractivity contribution < 1.29 is 24.3 Å². The second kappa shape index (κ2) is 11.7. The van der Waals surface area contributed by atoms with Gasteiger partial charge in [-0.05, 0) is 52.4 Å². The number of hydrogen-bond donors (Lipinski definition) is 2. The summed E-state index contributed by atoms with van der Waals surface area (Å²) in [7, 11) is 0. The average molecular weight is 501 g/mol. The first-order valence-electron chi connectivity index (χ1n) is 11.4. The number of pyridine rings is 1. The van der Waals surface area contributed by atoms with Gasteiger partial charge in [0.05, 0.1) is 11.5 Å². The molecular formula is C27H24N4O6. The fourth-order valence-electron chi connectivity index (χ4n) is 3.73. The van der Waals surface area contributed by atoms with Crippen LogP contribution in [-0.4, -0.2) is 28.5 Å². The van der Waals surface area contributed by atoms with Crippen molar-refractivity contribution in [3.8, 4) is 0 Å². The monoisotopic (exact) mass is 500 g/mol. The molecule has 0 aliphatic carbocycles. The Kier molecular flexibility index (Phi) is 8.01. The second-order valence-electron chi connectivity index (χ2n) is 8.23.